The minimum Gasteiger partial charge on any atom is -0.479 e. The molecule has 0 saturated carbocycles. The summed E-state index contributed by atoms with van der Waals surface area (Å²) in [5, 5.41) is 3.37. The molecule has 0 atom stereocenters. The van der Waals surface area contributed by atoms with Crippen molar-refractivity contribution in [2.24, 2.45) is 0 Å². The van der Waals surface area contributed by atoms with Gasteiger partial charge in [-0.05, 0) is 24.3 Å². The van der Waals surface area contributed by atoms with Crippen LogP contribution in [0, 0.1) is 11.8 Å². The molecule has 2 rings (SSSR count). The third kappa shape index (κ3) is 2.38. The van der Waals surface area contributed by atoms with Crippen molar-refractivity contribution >= 4 is 0 Å². The Morgan fingerprint density at radius 2 is 1.68 bits per heavy atom. The SMILES string of the molecule is COc1nn(-c2ccc(F)cc2)c(F)c1C(F)(F)F. The van der Waals surface area contributed by atoms with Crippen molar-refractivity contribution in [1.29, 1.82) is 0 Å². The van der Waals surface area contributed by atoms with Crippen LogP contribution in [0.4, 0.5) is 22.0 Å². The second-order valence-corrected chi connectivity index (χ2v) is 3.56. The quantitative estimate of drug-likeness (QED) is 0.789. The van der Waals surface area contributed by atoms with Crippen LogP contribution in [0.3, 0.4) is 0 Å². The van der Waals surface area contributed by atoms with Gasteiger partial charge in [0.15, 0.2) is 5.56 Å². The summed E-state index contributed by atoms with van der Waals surface area (Å²) in [5.74, 6) is -3.09. The lowest BCUT2D eigenvalue weighted by Gasteiger charge is -2.05. The van der Waals surface area contributed by atoms with Crippen molar-refractivity contribution in [1.82, 2.24) is 9.78 Å². The summed E-state index contributed by atoms with van der Waals surface area (Å²) in [6, 6.07) is 4.17. The van der Waals surface area contributed by atoms with Crippen LogP contribution in [0.2, 0.25) is 0 Å². The van der Waals surface area contributed by atoms with E-state index >= 15 is 0 Å². The van der Waals surface area contributed by atoms with E-state index in [1.54, 1.807) is 0 Å². The molecule has 3 nitrogen and oxygen atoms in total. The van der Waals surface area contributed by atoms with Crippen LogP contribution in [0.25, 0.3) is 5.69 Å². The third-order valence-electron chi connectivity index (χ3n) is 2.34. The fourth-order valence-corrected chi connectivity index (χ4v) is 1.51. The number of aromatic nitrogens is 2. The summed E-state index contributed by atoms with van der Waals surface area (Å²) in [6.45, 7) is 0. The minimum atomic E-state index is -4.94. The lowest BCUT2D eigenvalue weighted by Crippen LogP contribution is -2.09. The average molecular weight is 278 g/mol. The van der Waals surface area contributed by atoms with Crippen LogP contribution >= 0.6 is 0 Å². The van der Waals surface area contributed by atoms with Gasteiger partial charge in [-0.2, -0.15) is 17.6 Å². The molecule has 0 bridgehead atoms. The van der Waals surface area contributed by atoms with E-state index in [2.05, 4.69) is 9.84 Å². The molecule has 0 fully saturated rings. The number of ether oxygens (including phenoxy) is 1. The summed E-state index contributed by atoms with van der Waals surface area (Å²) < 4.78 is 69.3. The summed E-state index contributed by atoms with van der Waals surface area (Å²) >= 11 is 0. The standard InChI is InChI=1S/C11H7F5N2O/c1-19-10-8(11(14,15)16)9(13)18(17-10)7-4-2-6(12)3-5-7/h2-5H,1H3. The van der Waals surface area contributed by atoms with Crippen molar-refractivity contribution in [3.63, 3.8) is 0 Å². The molecule has 0 saturated heterocycles. The number of rotatable bonds is 2. The maximum Gasteiger partial charge on any atom is 0.426 e. The topological polar surface area (TPSA) is 27.1 Å². The fourth-order valence-electron chi connectivity index (χ4n) is 1.51. The van der Waals surface area contributed by atoms with Gasteiger partial charge in [0.2, 0.25) is 11.8 Å². The Kier molecular flexibility index (Phi) is 3.17. The zero-order valence-electron chi connectivity index (χ0n) is 9.50. The van der Waals surface area contributed by atoms with Gasteiger partial charge in [0.25, 0.3) is 0 Å². The number of halogens is 5. The van der Waals surface area contributed by atoms with E-state index in [1.165, 1.54) is 0 Å². The molecule has 1 aromatic carbocycles. The van der Waals surface area contributed by atoms with E-state index in [0.717, 1.165) is 31.4 Å². The first-order valence-electron chi connectivity index (χ1n) is 5.00. The first-order chi connectivity index (χ1) is 8.84. The van der Waals surface area contributed by atoms with E-state index in [4.69, 9.17) is 0 Å². The highest BCUT2D eigenvalue weighted by Gasteiger charge is 2.42. The number of nitrogens with zero attached hydrogens (tertiary/aromatic N) is 2. The van der Waals surface area contributed by atoms with Gasteiger partial charge in [-0.15, -0.1) is 5.10 Å². The molecule has 8 heteroatoms. The smallest absolute Gasteiger partial charge is 0.426 e. The van der Waals surface area contributed by atoms with Crippen molar-refractivity contribution in [2.75, 3.05) is 7.11 Å². The second-order valence-electron chi connectivity index (χ2n) is 3.56. The number of alkyl halides is 3. The van der Waals surface area contributed by atoms with Crippen molar-refractivity contribution in [2.45, 2.75) is 6.18 Å². The van der Waals surface area contributed by atoms with E-state index in [1.807, 2.05) is 0 Å². The Labute approximate surface area is 104 Å². The Morgan fingerprint density at radius 1 is 1.11 bits per heavy atom. The fraction of sp³-hybridized carbons (Fsp3) is 0.182. The van der Waals surface area contributed by atoms with Gasteiger partial charge in [-0.1, -0.05) is 0 Å². The van der Waals surface area contributed by atoms with Crippen LogP contribution in [0.15, 0.2) is 24.3 Å². The first-order valence-corrected chi connectivity index (χ1v) is 5.00. The molecule has 0 aliphatic rings. The summed E-state index contributed by atoms with van der Waals surface area (Å²) in [4.78, 5) is 0. The molecule has 102 valence electrons. The first kappa shape index (κ1) is 13.3. The van der Waals surface area contributed by atoms with Crippen LogP contribution < -0.4 is 4.74 Å². The maximum atomic E-state index is 13.8. The summed E-state index contributed by atoms with van der Waals surface area (Å²) in [5.41, 5.74) is -1.65. The van der Waals surface area contributed by atoms with Crippen LogP contribution in [-0.4, -0.2) is 16.9 Å². The van der Waals surface area contributed by atoms with Crippen LogP contribution in [-0.2, 0) is 6.18 Å². The molecule has 0 aliphatic heterocycles. The van der Waals surface area contributed by atoms with Crippen LogP contribution in [0.5, 0.6) is 5.88 Å². The number of benzene rings is 1. The second kappa shape index (κ2) is 4.52. The molecule has 0 aliphatic carbocycles. The monoisotopic (exact) mass is 278 g/mol. The Balaban J connectivity index is 2.60. The normalized spacial score (nSPS) is 11.7. The number of hydrogen-bond acceptors (Lipinski definition) is 2. The van der Waals surface area contributed by atoms with Gasteiger partial charge >= 0.3 is 6.18 Å². The molecule has 0 spiro atoms. The average Bonchev–Trinajstić information content (AvgIpc) is 2.67. The van der Waals surface area contributed by atoms with E-state index in [-0.39, 0.29) is 5.69 Å². The number of hydrogen-bond donors (Lipinski definition) is 0. The molecular formula is C11H7F5N2O. The Hall–Kier alpha value is -2.12. The van der Waals surface area contributed by atoms with Crippen molar-refractivity contribution in [3.05, 3.63) is 41.6 Å². The van der Waals surface area contributed by atoms with Gasteiger partial charge in [0.05, 0.1) is 12.8 Å². The highest BCUT2D eigenvalue weighted by Crippen LogP contribution is 2.38. The van der Waals surface area contributed by atoms with Crippen molar-refractivity contribution in [3.8, 4) is 11.6 Å². The Morgan fingerprint density at radius 3 is 2.11 bits per heavy atom. The van der Waals surface area contributed by atoms with E-state index < -0.39 is 29.4 Å². The van der Waals surface area contributed by atoms with Gasteiger partial charge < -0.3 is 4.74 Å². The maximum absolute atomic E-state index is 13.8. The zero-order valence-corrected chi connectivity index (χ0v) is 9.50. The van der Waals surface area contributed by atoms with Crippen molar-refractivity contribution < 1.29 is 26.7 Å². The minimum absolute atomic E-state index is 0.0484. The molecule has 0 amide bonds. The highest BCUT2D eigenvalue weighted by molar-refractivity contribution is 5.37. The largest absolute Gasteiger partial charge is 0.479 e. The predicted molar refractivity (Wildman–Crippen MR) is 55.0 cm³/mol. The highest BCUT2D eigenvalue weighted by atomic mass is 19.4. The Bertz CT molecular complexity index is 588. The zero-order chi connectivity index (χ0) is 14.2. The molecular weight excluding hydrogens is 271 g/mol. The molecule has 1 heterocycles. The summed E-state index contributed by atoms with van der Waals surface area (Å²) in [7, 11) is 0.950. The van der Waals surface area contributed by atoms with Crippen LogP contribution in [0.1, 0.15) is 5.56 Å². The van der Waals surface area contributed by atoms with Gasteiger partial charge in [-0.25, -0.2) is 9.07 Å². The molecule has 1 aromatic heterocycles. The van der Waals surface area contributed by atoms with Gasteiger partial charge in [0, 0.05) is 0 Å². The molecule has 19 heavy (non-hydrogen) atoms. The molecule has 2 aromatic rings. The van der Waals surface area contributed by atoms with Gasteiger partial charge in [-0.3, -0.25) is 0 Å². The lowest BCUT2D eigenvalue weighted by molar-refractivity contribution is -0.141. The van der Waals surface area contributed by atoms with E-state index in [0.29, 0.717) is 4.68 Å². The molecule has 0 radical (unpaired) electrons. The van der Waals surface area contributed by atoms with Gasteiger partial charge in [0.1, 0.15) is 5.82 Å². The van der Waals surface area contributed by atoms with E-state index in [9.17, 15) is 22.0 Å². The lowest BCUT2D eigenvalue weighted by atomic mass is 10.3. The molecule has 0 unspecified atom stereocenters. The number of methoxy groups -OCH3 is 1. The summed E-state index contributed by atoms with van der Waals surface area (Å²) in [6.07, 6.45) is -4.94. The third-order valence-corrected chi connectivity index (χ3v) is 2.34. The predicted octanol–water partition coefficient (Wildman–Crippen LogP) is 3.18. The molecule has 0 N–H and O–H groups in total.